The van der Waals surface area contributed by atoms with Gasteiger partial charge in [0.2, 0.25) is 0 Å². The number of nitrogens with zero attached hydrogens (tertiary/aromatic N) is 4. The Morgan fingerprint density at radius 1 is 1.28 bits per heavy atom. The van der Waals surface area contributed by atoms with Crippen LogP contribution < -0.4 is 0 Å². The van der Waals surface area contributed by atoms with Crippen LogP contribution >= 0.6 is 15.9 Å². The van der Waals surface area contributed by atoms with E-state index in [-0.39, 0.29) is 11.9 Å². The Morgan fingerprint density at radius 3 is 2.80 bits per heavy atom. The molecule has 1 aromatic carbocycles. The van der Waals surface area contributed by atoms with E-state index in [0.717, 1.165) is 22.3 Å². The van der Waals surface area contributed by atoms with E-state index in [0.29, 0.717) is 11.5 Å². The molecule has 7 heteroatoms. The van der Waals surface area contributed by atoms with E-state index in [9.17, 15) is 4.79 Å². The number of ether oxygens (including phenoxy) is 1. The van der Waals surface area contributed by atoms with E-state index >= 15 is 0 Å². The zero-order valence-corrected chi connectivity index (χ0v) is 15.5. The summed E-state index contributed by atoms with van der Waals surface area (Å²) in [6, 6.07) is 7.88. The average Bonchev–Trinajstić information content (AvgIpc) is 3.06. The number of aryl methyl sites for hydroxylation is 1. The summed E-state index contributed by atoms with van der Waals surface area (Å²) >= 11 is 3.49. The molecule has 3 aromatic rings. The lowest BCUT2D eigenvalue weighted by Gasteiger charge is -2.09. The summed E-state index contributed by atoms with van der Waals surface area (Å²) in [6.45, 7) is 0. The van der Waals surface area contributed by atoms with Crippen LogP contribution in [0, 0.1) is 0 Å². The van der Waals surface area contributed by atoms with E-state index in [4.69, 9.17) is 4.74 Å². The normalized spacial score (nSPS) is 19.0. The lowest BCUT2D eigenvalue weighted by atomic mass is 10.1. The molecule has 0 unspecified atom stereocenters. The number of methoxy groups -OCH3 is 1. The van der Waals surface area contributed by atoms with Crippen molar-refractivity contribution < 1.29 is 9.53 Å². The lowest BCUT2D eigenvalue weighted by molar-refractivity contribution is 0.0599. The first kappa shape index (κ1) is 16.1. The minimum atomic E-state index is -0.354. The Kier molecular flexibility index (Phi) is 3.95. The number of halogens is 1. The van der Waals surface area contributed by atoms with Crippen LogP contribution in [-0.4, -0.2) is 32.6 Å². The number of carbonyl (C=O) groups excluding carboxylic acids is 1. The van der Waals surface area contributed by atoms with Crippen molar-refractivity contribution in [2.45, 2.75) is 18.3 Å². The van der Waals surface area contributed by atoms with Crippen LogP contribution in [0.2, 0.25) is 0 Å². The molecule has 25 heavy (non-hydrogen) atoms. The smallest absolute Gasteiger partial charge is 0.341 e. The summed E-state index contributed by atoms with van der Waals surface area (Å²) in [5.41, 5.74) is 3.53. The molecule has 0 bridgehead atoms. The Morgan fingerprint density at radius 2 is 2.12 bits per heavy atom. The number of carbonyl (C=O) groups is 1. The van der Waals surface area contributed by atoms with Crippen LogP contribution in [0.15, 0.2) is 47.3 Å². The van der Waals surface area contributed by atoms with Crippen LogP contribution in [0.4, 0.5) is 0 Å². The van der Waals surface area contributed by atoms with Gasteiger partial charge in [-0.15, -0.1) is 0 Å². The molecule has 0 radical (unpaired) electrons. The number of hydrogen-bond donors (Lipinski definition) is 0. The molecule has 0 saturated heterocycles. The molecular formula is C18H17BrN4O2. The van der Waals surface area contributed by atoms with Crippen LogP contribution in [-0.2, 0) is 11.8 Å². The molecule has 6 nitrogen and oxygen atoms in total. The molecule has 1 aliphatic rings. The zero-order chi connectivity index (χ0) is 17.6. The van der Waals surface area contributed by atoms with Crippen molar-refractivity contribution in [3.63, 3.8) is 0 Å². The number of esters is 1. The fourth-order valence-corrected chi connectivity index (χ4v) is 3.68. The molecular weight excluding hydrogens is 384 g/mol. The summed E-state index contributed by atoms with van der Waals surface area (Å²) in [6.07, 6.45) is 6.49. The second kappa shape index (κ2) is 6.15. The molecule has 0 N–H and O–H groups in total. The van der Waals surface area contributed by atoms with E-state index in [1.54, 1.807) is 10.9 Å². The number of hydrogen-bond acceptors (Lipinski definition) is 4. The summed E-state index contributed by atoms with van der Waals surface area (Å²) in [7, 11) is 3.31. The fourth-order valence-electron chi connectivity index (χ4n) is 3.29. The van der Waals surface area contributed by atoms with Crippen molar-refractivity contribution in [1.82, 2.24) is 19.6 Å². The Balaban J connectivity index is 1.77. The van der Waals surface area contributed by atoms with Crippen molar-refractivity contribution in [3.8, 4) is 5.69 Å². The Bertz CT molecular complexity index is 946. The van der Waals surface area contributed by atoms with Crippen molar-refractivity contribution in [2.24, 2.45) is 7.05 Å². The predicted octanol–water partition coefficient (Wildman–Crippen LogP) is 3.43. The van der Waals surface area contributed by atoms with Crippen molar-refractivity contribution in [1.29, 1.82) is 0 Å². The van der Waals surface area contributed by atoms with Gasteiger partial charge >= 0.3 is 5.97 Å². The highest BCUT2D eigenvalue weighted by molar-refractivity contribution is 9.10. The van der Waals surface area contributed by atoms with E-state index in [1.165, 1.54) is 12.7 Å². The van der Waals surface area contributed by atoms with Crippen LogP contribution in [0.3, 0.4) is 0 Å². The SMILES string of the molecule is COC(=O)c1cnn(-c2cccc(Br)c2)c1[C@@H]1C[C@H]1c1cnn(C)c1. The van der Waals surface area contributed by atoms with E-state index < -0.39 is 0 Å². The minimum absolute atomic E-state index is 0.222. The van der Waals surface area contributed by atoms with Gasteiger partial charge in [-0.2, -0.15) is 10.2 Å². The summed E-state index contributed by atoms with van der Waals surface area (Å²) in [5, 5.41) is 8.72. The van der Waals surface area contributed by atoms with Gasteiger partial charge in [0.05, 0.1) is 30.9 Å². The maximum Gasteiger partial charge on any atom is 0.341 e. The topological polar surface area (TPSA) is 61.9 Å². The van der Waals surface area contributed by atoms with Crippen LogP contribution in [0.5, 0.6) is 0 Å². The fraction of sp³-hybridized carbons (Fsp3) is 0.278. The quantitative estimate of drug-likeness (QED) is 0.629. The van der Waals surface area contributed by atoms with Gasteiger partial charge < -0.3 is 4.74 Å². The number of benzene rings is 1. The Labute approximate surface area is 153 Å². The highest BCUT2D eigenvalue weighted by Gasteiger charge is 2.45. The van der Waals surface area contributed by atoms with Gasteiger partial charge in [-0.05, 0) is 36.1 Å². The average molecular weight is 401 g/mol. The molecule has 1 aliphatic carbocycles. The first-order chi connectivity index (χ1) is 12.1. The first-order valence-corrected chi connectivity index (χ1v) is 8.78. The first-order valence-electron chi connectivity index (χ1n) is 7.99. The molecule has 0 amide bonds. The summed E-state index contributed by atoms with van der Waals surface area (Å²) in [4.78, 5) is 12.2. The van der Waals surface area contributed by atoms with Crippen molar-refractivity contribution in [2.75, 3.05) is 7.11 Å². The molecule has 0 spiro atoms. The third-order valence-corrected chi connectivity index (χ3v) is 5.05. The van der Waals surface area contributed by atoms with Gasteiger partial charge in [0.25, 0.3) is 0 Å². The molecule has 1 saturated carbocycles. The van der Waals surface area contributed by atoms with Crippen LogP contribution in [0.1, 0.15) is 39.9 Å². The molecule has 128 valence electrons. The second-order valence-electron chi connectivity index (χ2n) is 6.22. The minimum Gasteiger partial charge on any atom is -0.465 e. The van der Waals surface area contributed by atoms with Crippen LogP contribution in [0.25, 0.3) is 5.69 Å². The number of rotatable bonds is 4. The molecule has 1 fully saturated rings. The third-order valence-electron chi connectivity index (χ3n) is 4.56. The van der Waals surface area contributed by atoms with Gasteiger partial charge in [-0.1, -0.05) is 22.0 Å². The van der Waals surface area contributed by atoms with Gasteiger partial charge in [0.15, 0.2) is 0 Å². The van der Waals surface area contributed by atoms with E-state index in [1.807, 2.05) is 48.4 Å². The van der Waals surface area contributed by atoms with Crippen molar-refractivity contribution >= 4 is 21.9 Å². The molecule has 4 rings (SSSR count). The van der Waals surface area contributed by atoms with Crippen molar-refractivity contribution in [3.05, 3.63) is 64.1 Å². The second-order valence-corrected chi connectivity index (χ2v) is 7.14. The van der Waals surface area contributed by atoms with Gasteiger partial charge in [-0.25, -0.2) is 9.48 Å². The summed E-state index contributed by atoms with van der Waals surface area (Å²) in [5.74, 6) is 0.215. The summed E-state index contributed by atoms with van der Waals surface area (Å²) < 4.78 is 9.57. The predicted molar refractivity (Wildman–Crippen MR) is 95.9 cm³/mol. The molecule has 2 atom stereocenters. The monoisotopic (exact) mass is 400 g/mol. The lowest BCUT2D eigenvalue weighted by Crippen LogP contribution is -2.08. The highest BCUT2D eigenvalue weighted by Crippen LogP contribution is 2.55. The van der Waals surface area contributed by atoms with E-state index in [2.05, 4.69) is 26.1 Å². The zero-order valence-electron chi connectivity index (χ0n) is 13.9. The maximum atomic E-state index is 12.2. The standard InChI is InChI=1S/C18H17BrN4O2/c1-22-10-11(8-20-22)14-7-15(14)17-16(18(24)25-2)9-21-23(17)13-5-3-4-12(19)6-13/h3-6,8-10,14-15H,7H2,1-2H3/t14-,15+/m0/s1. The highest BCUT2D eigenvalue weighted by atomic mass is 79.9. The molecule has 0 aliphatic heterocycles. The largest absolute Gasteiger partial charge is 0.465 e. The Hall–Kier alpha value is -2.41. The number of aromatic nitrogens is 4. The maximum absolute atomic E-state index is 12.2. The molecule has 2 heterocycles. The molecule has 2 aromatic heterocycles. The van der Waals surface area contributed by atoms with Gasteiger partial charge in [0, 0.05) is 23.6 Å². The van der Waals surface area contributed by atoms with Gasteiger partial charge in [0.1, 0.15) is 5.56 Å². The van der Waals surface area contributed by atoms with Gasteiger partial charge in [-0.3, -0.25) is 4.68 Å². The third kappa shape index (κ3) is 2.89.